The molecule has 1 radical (unpaired) electrons. The van der Waals surface area contributed by atoms with Crippen LogP contribution in [0.3, 0.4) is 0 Å². The second-order valence-corrected chi connectivity index (χ2v) is 7.29. The molecule has 0 atom stereocenters. The predicted molar refractivity (Wildman–Crippen MR) is 152 cm³/mol. The first kappa shape index (κ1) is 52.6. The van der Waals surface area contributed by atoms with Gasteiger partial charge in [0.15, 0.2) is 0 Å². The Morgan fingerprint density at radius 2 is 0.488 bits per heavy atom. The minimum Gasteiger partial charge on any atom is -0.356 e. The molecule has 0 aliphatic rings. The van der Waals surface area contributed by atoms with E-state index in [1.165, 1.54) is 0 Å². The van der Waals surface area contributed by atoms with Crippen molar-refractivity contribution in [3.63, 3.8) is 0 Å². The largest absolute Gasteiger partial charge is 3.00 e. The van der Waals surface area contributed by atoms with Crippen molar-refractivity contribution in [1.29, 1.82) is 0 Å². The van der Waals surface area contributed by atoms with E-state index in [9.17, 15) is 19.2 Å². The second kappa shape index (κ2) is 35.2. The minimum atomic E-state index is -1.75. The summed E-state index contributed by atoms with van der Waals surface area (Å²) in [5, 5.41) is 44.2. The molecule has 43 heavy (non-hydrogen) atoms. The van der Waals surface area contributed by atoms with E-state index in [1.54, 1.807) is 19.6 Å². The van der Waals surface area contributed by atoms with Gasteiger partial charge in [-0.25, -0.2) is 0 Å². The average Bonchev–Trinajstić information content (AvgIpc) is 2.86. The van der Waals surface area contributed by atoms with Crippen molar-refractivity contribution in [2.45, 2.75) is 68.2 Å². The van der Waals surface area contributed by atoms with Gasteiger partial charge in [-0.05, 0) is 55.4 Å². The number of carbonyl (C=O) groups excluding carboxylic acids is 4. The van der Waals surface area contributed by atoms with E-state index in [-0.39, 0.29) is 83.4 Å². The van der Waals surface area contributed by atoms with Crippen LogP contribution in [0.1, 0.15) is 68.2 Å². The number of carbonyl (C=O) groups is 4. The van der Waals surface area contributed by atoms with Crippen molar-refractivity contribution in [2.75, 3.05) is 52.4 Å². The van der Waals surface area contributed by atoms with E-state index in [0.29, 0.717) is 52.4 Å². The molecule has 4 amide bonds. The minimum absolute atomic E-state index is 0. The number of hydrogen-bond donors (Lipinski definition) is 0. The topological polar surface area (TPSA) is 280 Å². The van der Waals surface area contributed by atoms with Gasteiger partial charge < -0.3 is 65.6 Å². The summed E-state index contributed by atoms with van der Waals surface area (Å²) >= 11 is 0. The van der Waals surface area contributed by atoms with E-state index in [4.69, 9.17) is 46.0 Å². The fourth-order valence-electron chi connectivity index (χ4n) is 3.01. The van der Waals surface area contributed by atoms with Crippen molar-refractivity contribution in [2.24, 2.45) is 0 Å². The van der Waals surface area contributed by atoms with Crippen molar-refractivity contribution in [3.05, 3.63) is 46.0 Å². The molecule has 0 saturated carbocycles. The summed E-state index contributed by atoms with van der Waals surface area (Å²) in [6, 6.07) is 0. The molecule has 259 valence electrons. The first-order valence-electron chi connectivity index (χ1n) is 13.0. The maximum Gasteiger partial charge on any atom is 3.00 e. The molecule has 0 fully saturated rings. The number of hydrogen-bond acceptors (Lipinski definition) is 13. The third-order valence-electron chi connectivity index (χ3n) is 5.07. The maximum absolute atomic E-state index is 11.6. The summed E-state index contributed by atoms with van der Waals surface area (Å²) in [6.45, 7) is 20.7. The molecule has 21 heteroatoms. The smallest absolute Gasteiger partial charge is 0.356 e. The van der Waals surface area contributed by atoms with Crippen LogP contribution >= 0.6 is 0 Å². The van der Waals surface area contributed by atoms with Crippen LogP contribution in [-0.2, 0) is 19.2 Å². The molecule has 0 unspecified atom stereocenters. The fraction of sp³-hybridized carbons (Fsp3) is 0.818. The number of amides is 4. The molecule has 0 spiro atoms. The molecule has 0 rings (SSSR count). The van der Waals surface area contributed by atoms with Crippen LogP contribution in [0.2, 0.25) is 0 Å². The molecule has 0 N–H and O–H groups in total. The Morgan fingerprint density at radius 3 is 0.558 bits per heavy atom. The van der Waals surface area contributed by atoms with Gasteiger partial charge in [0.25, 0.3) is 0 Å². The van der Waals surface area contributed by atoms with Crippen LogP contribution in [0, 0.1) is 92.9 Å². The first-order valence-corrected chi connectivity index (χ1v) is 13.0. The van der Waals surface area contributed by atoms with Gasteiger partial charge in [0.05, 0.1) is 15.3 Å². The summed E-state index contributed by atoms with van der Waals surface area (Å²) in [5.74, 6) is -0.289. The second-order valence-electron chi connectivity index (χ2n) is 7.29. The summed E-state index contributed by atoms with van der Waals surface area (Å²) < 4.78 is 0. The van der Waals surface area contributed by atoms with Crippen LogP contribution in [-0.4, -0.2) is 111 Å². The van der Waals surface area contributed by atoms with Gasteiger partial charge in [-0.3, -0.25) is 19.2 Å². The average molecular weight is 788 g/mol. The number of rotatable bonds is 12. The number of nitrogens with zero attached hydrogens (tertiary/aromatic N) is 7. The molecular weight excluding hydrogens is 743 g/mol. The Morgan fingerprint density at radius 1 is 0.395 bits per heavy atom. The molecule has 20 nitrogen and oxygen atoms in total. The summed E-state index contributed by atoms with van der Waals surface area (Å²) in [4.78, 5) is 78.0. The maximum atomic E-state index is 11.6. The zero-order valence-electron chi connectivity index (χ0n) is 25.8. The summed E-state index contributed by atoms with van der Waals surface area (Å²) in [7, 11) is 0. The first-order chi connectivity index (χ1) is 19.4. The fourth-order valence-corrected chi connectivity index (χ4v) is 3.01. The van der Waals surface area contributed by atoms with Crippen LogP contribution < -0.4 is 0 Å². The van der Waals surface area contributed by atoms with Crippen molar-refractivity contribution >= 4 is 23.6 Å². The zero-order valence-corrected chi connectivity index (χ0v) is 27.5. The van der Waals surface area contributed by atoms with E-state index in [1.807, 2.05) is 55.4 Å². The molecule has 0 saturated heterocycles. The molecule has 0 aromatic heterocycles. The quantitative estimate of drug-likeness (QED) is 0.154. The van der Waals surface area contributed by atoms with Crippen LogP contribution in [0.4, 0.5) is 0 Å². The van der Waals surface area contributed by atoms with Crippen LogP contribution in [0.25, 0.3) is 0 Å². The molecule has 0 bridgehead atoms. The van der Waals surface area contributed by atoms with Gasteiger partial charge in [-0.1, -0.05) is 0 Å². The van der Waals surface area contributed by atoms with Gasteiger partial charge in [0.1, 0.15) is 12.8 Å². The SMILES string of the molecule is CCN(CC)C(=O)CC(=O)N(CC)CC.CCN(CC)C(=O)CC(=O)N(CC)CC.O=[N+]([O-])[O-].O=[N+]([O-])[O-].O=[N+]([O-])[O-].[Yb+3]. The van der Waals surface area contributed by atoms with Gasteiger partial charge in [-0.15, -0.1) is 0 Å². The van der Waals surface area contributed by atoms with E-state index < -0.39 is 15.3 Å². The van der Waals surface area contributed by atoms with Crippen LogP contribution in [0.15, 0.2) is 0 Å². The monoisotopic (exact) mass is 788 g/mol. The van der Waals surface area contributed by atoms with E-state index in [2.05, 4.69) is 0 Å². The third-order valence-corrected chi connectivity index (χ3v) is 5.07. The molecular formula is C22H44N7O13Yb. The van der Waals surface area contributed by atoms with Gasteiger partial charge in [-0.2, -0.15) is 0 Å². The van der Waals surface area contributed by atoms with Crippen molar-refractivity contribution in [3.8, 4) is 0 Å². The predicted octanol–water partition coefficient (Wildman–Crippen LogP) is 1.51. The van der Waals surface area contributed by atoms with Crippen LogP contribution in [0.5, 0.6) is 0 Å². The van der Waals surface area contributed by atoms with Gasteiger partial charge >= 0.3 is 46.9 Å². The normalized spacial score (nSPS) is 8.56. The van der Waals surface area contributed by atoms with Crippen molar-refractivity contribution < 1.29 is 81.4 Å². The Bertz CT molecular complexity index is 661. The molecule has 0 aromatic rings. The molecule has 0 aliphatic heterocycles. The Balaban J connectivity index is -0.000000114. The Labute approximate surface area is 289 Å². The zero-order chi connectivity index (χ0) is 34.4. The van der Waals surface area contributed by atoms with E-state index in [0.717, 1.165) is 0 Å². The Kier molecular flexibility index (Phi) is 43.1. The standard InChI is InChI=1S/2C11H22N2O2.3NO3.Yb/c2*1-5-12(6-2)10(14)9-11(15)13(7-3)8-4;3*2-1(3)4;/h2*5-9H2,1-4H3;;;;/q;;3*-1;+3. The van der Waals surface area contributed by atoms with Gasteiger partial charge in [0, 0.05) is 52.4 Å². The third kappa shape index (κ3) is 39.0. The molecule has 0 aromatic carbocycles. The molecule has 0 heterocycles. The van der Waals surface area contributed by atoms with Crippen molar-refractivity contribution in [1.82, 2.24) is 19.6 Å². The molecule has 0 aliphatic carbocycles. The van der Waals surface area contributed by atoms with E-state index >= 15 is 0 Å². The summed E-state index contributed by atoms with van der Waals surface area (Å²) in [6.07, 6.45) is 0.00667. The van der Waals surface area contributed by atoms with Gasteiger partial charge in [0.2, 0.25) is 23.6 Å². The Hall–Kier alpha value is -3.00. The summed E-state index contributed by atoms with van der Waals surface area (Å²) in [5.41, 5.74) is 0.